The van der Waals surface area contributed by atoms with E-state index in [-0.39, 0.29) is 12.1 Å². The summed E-state index contributed by atoms with van der Waals surface area (Å²) in [6.07, 6.45) is 0. The fraction of sp³-hybridized carbons (Fsp3) is 0. The molecule has 0 bridgehead atoms. The topological polar surface area (TPSA) is 408 Å². The lowest BCUT2D eigenvalue weighted by molar-refractivity contribution is -0.450. The maximum Gasteiger partial charge on any atom is 0.325 e. The Labute approximate surface area is 227 Å². The third-order valence-electron chi connectivity index (χ3n) is 4.93. The summed E-state index contributed by atoms with van der Waals surface area (Å²) in [5.41, 5.74) is -13.6. The minimum Gasteiger partial charge on any atom is -0.415 e. The Bertz CT molecular complexity index is 1690. The second-order valence-corrected chi connectivity index (χ2v) is 7.22. The van der Waals surface area contributed by atoms with Gasteiger partial charge in [-0.05, 0) is 0 Å². The van der Waals surface area contributed by atoms with Crippen molar-refractivity contribution in [2.24, 2.45) is 0 Å². The van der Waals surface area contributed by atoms with E-state index in [1.165, 1.54) is 0 Å². The van der Waals surface area contributed by atoms with Crippen LogP contribution in [0.25, 0.3) is 22.9 Å². The number of nitro groups is 8. The van der Waals surface area contributed by atoms with Crippen LogP contribution in [0.2, 0.25) is 0 Å². The minimum absolute atomic E-state index is 0.00786. The Morgan fingerprint density at radius 2 is 0.791 bits per heavy atom. The van der Waals surface area contributed by atoms with E-state index in [1.807, 2.05) is 0 Å². The summed E-state index contributed by atoms with van der Waals surface area (Å²) in [6.45, 7) is 0. The molecular weight excluding hydrogens is 608 g/mol. The van der Waals surface area contributed by atoms with Crippen LogP contribution < -0.4 is 10.9 Å². The molecule has 0 unspecified atom stereocenters. The van der Waals surface area contributed by atoms with Gasteiger partial charge in [0.05, 0.1) is 41.7 Å². The van der Waals surface area contributed by atoms with Gasteiger partial charge in [-0.2, -0.15) is 0 Å². The van der Waals surface area contributed by atoms with Crippen LogP contribution in [0.3, 0.4) is 0 Å². The largest absolute Gasteiger partial charge is 0.415 e. The van der Waals surface area contributed by atoms with Gasteiger partial charge in [-0.1, -0.05) is 10.9 Å². The average Bonchev–Trinajstić information content (AvgIpc) is 3.35. The van der Waals surface area contributed by atoms with Crippen molar-refractivity contribution in [1.82, 2.24) is 10.2 Å². The first-order valence-electron chi connectivity index (χ1n) is 9.92. The predicted octanol–water partition coefficient (Wildman–Crippen LogP) is 2.06. The number of nitro benzene ring substituents is 6. The smallest absolute Gasteiger partial charge is 0.325 e. The first-order valence-corrected chi connectivity index (χ1v) is 9.92. The van der Waals surface area contributed by atoms with Crippen molar-refractivity contribution >= 4 is 45.5 Å². The number of hydrazine groups is 2. The standard InChI is InChI=1S/C14H4N12O17/c27-19(28)3-1-5(21(31)32)9(17-25(39)40)11(23(35)36)7(3)13-15-16-14(43-13)8-4(20(29)30)2-6(22(33)34)10(18-26(41)42)12(8)24(37)38/h1-2,17-18H. The molecule has 29 nitrogen and oxygen atoms in total. The van der Waals surface area contributed by atoms with Gasteiger partial charge >= 0.3 is 22.7 Å². The molecule has 0 fully saturated rings. The highest BCUT2D eigenvalue weighted by Crippen LogP contribution is 2.50. The first kappa shape index (κ1) is 29.9. The second kappa shape index (κ2) is 10.9. The zero-order chi connectivity index (χ0) is 32.5. The summed E-state index contributed by atoms with van der Waals surface area (Å²) in [6, 6.07) is 0.0157. The van der Waals surface area contributed by atoms with Crippen molar-refractivity contribution in [3.05, 3.63) is 93.0 Å². The maximum atomic E-state index is 11.9. The third kappa shape index (κ3) is 5.44. The van der Waals surface area contributed by atoms with E-state index in [2.05, 4.69) is 10.2 Å². The van der Waals surface area contributed by atoms with Gasteiger partial charge in [0.15, 0.2) is 21.2 Å². The number of hydrogen-bond acceptors (Lipinski definition) is 19. The van der Waals surface area contributed by atoms with Gasteiger partial charge in [0.25, 0.3) is 34.5 Å². The summed E-state index contributed by atoms with van der Waals surface area (Å²) in [7, 11) is 0. The molecule has 0 amide bonds. The number of nitrogens with zero attached hydrogens (tertiary/aromatic N) is 10. The molecule has 2 aromatic carbocycles. The number of hydrogen-bond donors (Lipinski definition) is 2. The van der Waals surface area contributed by atoms with Crippen molar-refractivity contribution in [2.75, 3.05) is 10.9 Å². The highest BCUT2D eigenvalue weighted by molar-refractivity contribution is 5.93. The van der Waals surface area contributed by atoms with Crippen LogP contribution in [0.4, 0.5) is 45.5 Å². The lowest BCUT2D eigenvalue weighted by Crippen LogP contribution is -2.13. The number of benzene rings is 2. The molecule has 29 heteroatoms. The SMILES string of the molecule is O=[N+]([O-])Nc1c([N+](=O)[O-])cc([N+](=O)[O-])c(-c2nnc(-c3c([N+](=O)[O-])cc([N+](=O)[O-])c(N[N+](=O)[O-])c3[N+](=O)[O-])o2)c1[N+](=O)[O-]. The quantitative estimate of drug-likeness (QED) is 0.218. The van der Waals surface area contributed by atoms with E-state index in [4.69, 9.17) is 4.42 Å². The average molecular weight is 612 g/mol. The van der Waals surface area contributed by atoms with Gasteiger partial charge in [0.2, 0.25) is 0 Å². The monoisotopic (exact) mass is 612 g/mol. The van der Waals surface area contributed by atoms with Gasteiger partial charge in [0, 0.05) is 0 Å². The summed E-state index contributed by atoms with van der Waals surface area (Å²) in [4.78, 5) is 82.8. The number of aromatic nitrogens is 2. The molecule has 0 radical (unpaired) electrons. The molecule has 1 heterocycles. The van der Waals surface area contributed by atoms with E-state index in [0.717, 1.165) is 10.9 Å². The van der Waals surface area contributed by atoms with Crippen LogP contribution in [0, 0.1) is 80.9 Å². The molecule has 0 atom stereocenters. The molecule has 3 aromatic rings. The molecule has 0 saturated carbocycles. The number of rotatable bonds is 12. The molecular formula is C14H4N12O17. The summed E-state index contributed by atoms with van der Waals surface area (Å²) in [5.74, 6) is -2.86. The van der Waals surface area contributed by atoms with Crippen LogP contribution in [0.15, 0.2) is 16.5 Å². The summed E-state index contributed by atoms with van der Waals surface area (Å²) >= 11 is 0. The molecule has 0 aliphatic carbocycles. The maximum absolute atomic E-state index is 11.9. The highest BCUT2D eigenvalue weighted by Gasteiger charge is 2.45. The molecule has 43 heavy (non-hydrogen) atoms. The molecule has 0 spiro atoms. The molecule has 3 rings (SSSR count). The van der Waals surface area contributed by atoms with Gasteiger partial charge in [0.1, 0.15) is 0 Å². The number of anilines is 2. The van der Waals surface area contributed by atoms with Crippen LogP contribution in [-0.2, 0) is 0 Å². The fourth-order valence-electron chi connectivity index (χ4n) is 3.47. The highest BCUT2D eigenvalue weighted by atomic mass is 16.7. The van der Waals surface area contributed by atoms with Gasteiger partial charge in [-0.15, -0.1) is 10.2 Å². The van der Waals surface area contributed by atoms with Gasteiger partial charge in [-0.25, -0.2) is 20.2 Å². The van der Waals surface area contributed by atoms with Crippen molar-refractivity contribution in [3.63, 3.8) is 0 Å². The van der Waals surface area contributed by atoms with E-state index in [9.17, 15) is 80.9 Å². The summed E-state index contributed by atoms with van der Waals surface area (Å²) in [5, 5.41) is 95.2. The van der Waals surface area contributed by atoms with Crippen molar-refractivity contribution in [1.29, 1.82) is 0 Å². The van der Waals surface area contributed by atoms with Crippen LogP contribution in [0.5, 0.6) is 0 Å². The van der Waals surface area contributed by atoms with E-state index in [0.29, 0.717) is 0 Å². The molecule has 0 saturated heterocycles. The van der Waals surface area contributed by atoms with Gasteiger partial charge < -0.3 is 4.42 Å². The molecule has 0 aliphatic heterocycles. The predicted molar refractivity (Wildman–Crippen MR) is 126 cm³/mol. The van der Waals surface area contributed by atoms with Crippen molar-refractivity contribution in [3.8, 4) is 22.9 Å². The molecule has 222 valence electrons. The van der Waals surface area contributed by atoms with Crippen molar-refractivity contribution in [2.45, 2.75) is 0 Å². The minimum atomic E-state index is -1.78. The lowest BCUT2D eigenvalue weighted by Gasteiger charge is -2.06. The zero-order valence-corrected chi connectivity index (χ0v) is 19.6. The van der Waals surface area contributed by atoms with Gasteiger partial charge in [-0.3, -0.25) is 60.7 Å². The van der Waals surface area contributed by atoms with Crippen LogP contribution >= 0.6 is 0 Å². The Hall–Kier alpha value is -7.62. The van der Waals surface area contributed by atoms with E-state index >= 15 is 0 Å². The summed E-state index contributed by atoms with van der Waals surface area (Å²) < 4.78 is 4.96. The first-order chi connectivity index (χ1) is 20.0. The van der Waals surface area contributed by atoms with E-state index in [1.54, 1.807) is 0 Å². The zero-order valence-electron chi connectivity index (χ0n) is 19.6. The number of nitrogens with one attached hydrogen (secondary N) is 2. The molecule has 1 aromatic heterocycles. The Balaban J connectivity index is 2.54. The molecule has 0 aliphatic rings. The second-order valence-electron chi connectivity index (χ2n) is 7.22. The molecule has 2 N–H and O–H groups in total. The Morgan fingerprint density at radius 1 is 0.488 bits per heavy atom. The van der Waals surface area contributed by atoms with E-state index < -0.39 is 108 Å². The third-order valence-corrected chi connectivity index (χ3v) is 4.93. The fourth-order valence-corrected chi connectivity index (χ4v) is 3.47. The van der Waals surface area contributed by atoms with Crippen LogP contribution in [0.1, 0.15) is 0 Å². The normalized spacial score (nSPS) is 10.4. The lowest BCUT2D eigenvalue weighted by atomic mass is 10.1. The van der Waals surface area contributed by atoms with Crippen molar-refractivity contribution < 1.29 is 44.0 Å². The Kier molecular flexibility index (Phi) is 7.56. The Morgan fingerprint density at radius 3 is 1.02 bits per heavy atom. The van der Waals surface area contributed by atoms with Crippen LogP contribution in [-0.4, -0.2) is 49.8 Å².